The first kappa shape index (κ1) is 26.8. The molecular weight excluding hydrogens is 507 g/mol. The van der Waals surface area contributed by atoms with Crippen LogP contribution in [0.3, 0.4) is 0 Å². The number of imidazole rings is 1. The Balaban J connectivity index is 1.36. The van der Waals surface area contributed by atoms with Crippen LogP contribution in [0.4, 0.5) is 10.2 Å². The number of hydrogen-bond donors (Lipinski definition) is 2. The van der Waals surface area contributed by atoms with Gasteiger partial charge in [-0.2, -0.15) is 0 Å². The second-order valence-corrected chi connectivity index (χ2v) is 12.0. The highest BCUT2D eigenvalue weighted by atomic mass is 35.5. The van der Waals surface area contributed by atoms with Gasteiger partial charge in [-0.3, -0.25) is 9.59 Å². The maximum absolute atomic E-state index is 15.2. The number of aromatic nitrogens is 3. The molecule has 2 aromatic heterocycles. The molecule has 9 heteroatoms. The zero-order chi connectivity index (χ0) is 27.2. The van der Waals surface area contributed by atoms with Crippen molar-refractivity contribution in [2.24, 2.45) is 11.8 Å². The van der Waals surface area contributed by atoms with Gasteiger partial charge in [0.2, 0.25) is 5.91 Å². The first-order valence-corrected chi connectivity index (χ1v) is 13.8. The SMILES string of the molecule is CC(O)CC(=O)C[C@@H]1CCC[C@H](C(=O)Nc2cc(-c3cc(F)c4nc5n(c4c3)C(C)(C)CC5)c(Cl)cn2)C1. The van der Waals surface area contributed by atoms with Gasteiger partial charge in [0.05, 0.1) is 16.6 Å². The van der Waals surface area contributed by atoms with E-state index in [1.807, 2.05) is 6.07 Å². The number of nitrogens with one attached hydrogen (secondary N) is 1. The second-order valence-electron chi connectivity index (χ2n) is 11.6. The molecule has 1 fully saturated rings. The van der Waals surface area contributed by atoms with Crippen molar-refractivity contribution >= 4 is 40.1 Å². The Morgan fingerprint density at radius 2 is 2.08 bits per heavy atom. The van der Waals surface area contributed by atoms with Gasteiger partial charge < -0.3 is 15.0 Å². The fraction of sp³-hybridized carbons (Fsp3) is 0.517. The van der Waals surface area contributed by atoms with E-state index in [2.05, 4.69) is 33.7 Å². The predicted molar refractivity (Wildman–Crippen MR) is 146 cm³/mol. The van der Waals surface area contributed by atoms with Crippen molar-refractivity contribution in [2.75, 3.05) is 5.32 Å². The third-order valence-corrected chi connectivity index (χ3v) is 8.26. The lowest BCUT2D eigenvalue weighted by atomic mass is 9.78. The van der Waals surface area contributed by atoms with Gasteiger partial charge in [0.15, 0.2) is 5.82 Å². The monoisotopic (exact) mass is 540 g/mol. The molecule has 2 aliphatic rings. The molecule has 0 radical (unpaired) electrons. The lowest BCUT2D eigenvalue weighted by Gasteiger charge is -2.28. The molecule has 3 heterocycles. The van der Waals surface area contributed by atoms with Crippen LogP contribution in [0.2, 0.25) is 5.02 Å². The van der Waals surface area contributed by atoms with E-state index in [4.69, 9.17) is 11.6 Å². The zero-order valence-corrected chi connectivity index (χ0v) is 22.8. The maximum atomic E-state index is 15.2. The lowest BCUT2D eigenvalue weighted by Crippen LogP contribution is -2.29. The molecule has 1 aromatic carbocycles. The van der Waals surface area contributed by atoms with Gasteiger partial charge in [0.25, 0.3) is 0 Å². The second kappa shape index (κ2) is 10.4. The number of anilines is 1. The lowest BCUT2D eigenvalue weighted by molar-refractivity contribution is -0.124. The molecular formula is C29H34ClFN4O3. The van der Waals surface area contributed by atoms with E-state index >= 15 is 4.39 Å². The van der Waals surface area contributed by atoms with E-state index in [0.717, 1.165) is 43.4 Å². The van der Waals surface area contributed by atoms with E-state index in [-0.39, 0.29) is 35.5 Å². The van der Waals surface area contributed by atoms with Crippen molar-refractivity contribution in [1.82, 2.24) is 14.5 Å². The summed E-state index contributed by atoms with van der Waals surface area (Å²) < 4.78 is 17.3. The molecule has 38 heavy (non-hydrogen) atoms. The van der Waals surface area contributed by atoms with E-state index in [0.29, 0.717) is 40.3 Å². The number of aliphatic hydroxyl groups is 1. The summed E-state index contributed by atoms with van der Waals surface area (Å²) >= 11 is 6.50. The number of carbonyl (C=O) groups is 2. The quantitative estimate of drug-likeness (QED) is 0.380. The summed E-state index contributed by atoms with van der Waals surface area (Å²) in [4.78, 5) is 34.1. The maximum Gasteiger partial charge on any atom is 0.228 e. The largest absolute Gasteiger partial charge is 0.393 e. The van der Waals surface area contributed by atoms with Gasteiger partial charge in [-0.05, 0) is 76.1 Å². The van der Waals surface area contributed by atoms with E-state index in [1.54, 1.807) is 13.0 Å². The number of pyridine rings is 1. The highest BCUT2D eigenvalue weighted by molar-refractivity contribution is 6.33. The van der Waals surface area contributed by atoms with Crippen molar-refractivity contribution in [3.8, 4) is 11.1 Å². The topological polar surface area (TPSA) is 97.1 Å². The number of aryl methyl sites for hydroxylation is 1. The number of Topliss-reactive ketones (excluding diaryl/α,β-unsaturated/α-hetero) is 1. The minimum atomic E-state index is -0.647. The van der Waals surface area contributed by atoms with Crippen molar-refractivity contribution in [1.29, 1.82) is 0 Å². The van der Waals surface area contributed by atoms with Crippen LogP contribution in [-0.4, -0.2) is 37.4 Å². The van der Waals surface area contributed by atoms with Crippen LogP contribution in [0.5, 0.6) is 0 Å². The Morgan fingerprint density at radius 3 is 2.84 bits per heavy atom. The fourth-order valence-corrected chi connectivity index (χ4v) is 6.33. The Labute approximate surface area is 226 Å². The molecule has 7 nitrogen and oxygen atoms in total. The highest BCUT2D eigenvalue weighted by Crippen LogP contribution is 2.39. The van der Waals surface area contributed by atoms with Crippen LogP contribution in [0, 0.1) is 17.7 Å². The number of aliphatic hydroxyl groups excluding tert-OH is 1. The van der Waals surface area contributed by atoms with Crippen LogP contribution in [0.25, 0.3) is 22.2 Å². The molecule has 202 valence electrons. The molecule has 1 aliphatic heterocycles. The van der Waals surface area contributed by atoms with E-state index < -0.39 is 11.9 Å². The third-order valence-electron chi connectivity index (χ3n) is 7.96. The molecule has 1 saturated carbocycles. The molecule has 3 atom stereocenters. The minimum absolute atomic E-state index is 0.0338. The van der Waals surface area contributed by atoms with Gasteiger partial charge in [-0.1, -0.05) is 18.0 Å². The molecule has 0 saturated heterocycles. The van der Waals surface area contributed by atoms with Crippen molar-refractivity contribution in [3.63, 3.8) is 0 Å². The van der Waals surface area contributed by atoms with Crippen LogP contribution in [0.1, 0.15) is 71.5 Å². The molecule has 0 bridgehead atoms. The molecule has 1 unspecified atom stereocenters. The van der Waals surface area contributed by atoms with Gasteiger partial charge in [-0.25, -0.2) is 14.4 Å². The van der Waals surface area contributed by atoms with Crippen molar-refractivity contribution in [3.05, 3.63) is 41.1 Å². The number of hydrogen-bond acceptors (Lipinski definition) is 5. The van der Waals surface area contributed by atoms with Crippen LogP contribution >= 0.6 is 11.6 Å². The van der Waals surface area contributed by atoms with Gasteiger partial charge in [-0.15, -0.1) is 0 Å². The number of carbonyl (C=O) groups excluding carboxylic acids is 2. The summed E-state index contributed by atoms with van der Waals surface area (Å²) in [5, 5.41) is 12.7. The van der Waals surface area contributed by atoms with Gasteiger partial charge in [0, 0.05) is 42.5 Å². The molecule has 3 aromatic rings. The number of benzene rings is 1. The number of rotatable bonds is 7. The molecule has 0 spiro atoms. The van der Waals surface area contributed by atoms with Gasteiger partial charge in [0.1, 0.15) is 22.9 Å². The standard InChI is InChI=1S/C29H34ClFN4O3/c1-16(36)9-20(37)11-17-5-4-6-18(10-17)28(38)33-25-14-21(22(30)15-32-25)19-12-23(31)27-24(13-19)35-26(34-27)7-8-29(35,2)3/h12-18,36H,4-11H2,1-3H3,(H,32,33,38)/t16?,17-,18+/m1/s1. The summed E-state index contributed by atoms with van der Waals surface area (Å²) in [6.07, 6.45) is 6.26. The van der Waals surface area contributed by atoms with E-state index in [9.17, 15) is 14.7 Å². The van der Waals surface area contributed by atoms with E-state index in [1.165, 1.54) is 12.3 Å². The Bertz CT molecular complexity index is 1400. The summed E-state index contributed by atoms with van der Waals surface area (Å²) in [7, 11) is 0. The first-order chi connectivity index (χ1) is 18.0. The summed E-state index contributed by atoms with van der Waals surface area (Å²) in [5.74, 6) is 0.624. The van der Waals surface area contributed by atoms with Crippen LogP contribution in [-0.2, 0) is 21.5 Å². The number of fused-ring (bicyclic) bond motifs is 3. The zero-order valence-electron chi connectivity index (χ0n) is 22.1. The first-order valence-electron chi connectivity index (χ1n) is 13.4. The Morgan fingerprint density at radius 1 is 1.29 bits per heavy atom. The summed E-state index contributed by atoms with van der Waals surface area (Å²) in [6, 6.07) is 5.02. The van der Waals surface area contributed by atoms with Crippen molar-refractivity contribution in [2.45, 2.75) is 83.8 Å². The summed E-state index contributed by atoms with van der Waals surface area (Å²) in [6.45, 7) is 5.86. The smallest absolute Gasteiger partial charge is 0.228 e. The molecule has 2 N–H and O–H groups in total. The minimum Gasteiger partial charge on any atom is -0.393 e. The molecule has 5 rings (SSSR count). The highest BCUT2D eigenvalue weighted by Gasteiger charge is 2.33. The fourth-order valence-electron chi connectivity index (χ4n) is 6.12. The number of amides is 1. The number of nitrogens with zero attached hydrogens (tertiary/aromatic N) is 3. The number of halogens is 2. The Hall–Kier alpha value is -2.84. The van der Waals surface area contributed by atoms with Crippen LogP contribution in [0.15, 0.2) is 24.4 Å². The third kappa shape index (κ3) is 5.34. The average molecular weight is 541 g/mol. The van der Waals surface area contributed by atoms with Crippen molar-refractivity contribution < 1.29 is 19.1 Å². The molecule has 1 aliphatic carbocycles. The Kier molecular flexibility index (Phi) is 7.31. The molecule has 1 amide bonds. The van der Waals surface area contributed by atoms with Crippen LogP contribution < -0.4 is 5.32 Å². The van der Waals surface area contributed by atoms with Gasteiger partial charge >= 0.3 is 0 Å². The average Bonchev–Trinajstić information content (AvgIpc) is 3.37. The normalized spacial score (nSPS) is 21.3. The number of ketones is 1. The predicted octanol–water partition coefficient (Wildman–Crippen LogP) is 6.05. The summed E-state index contributed by atoms with van der Waals surface area (Å²) in [5.41, 5.74) is 2.10.